The van der Waals surface area contributed by atoms with E-state index >= 15 is 0 Å². The van der Waals surface area contributed by atoms with Gasteiger partial charge in [0.15, 0.2) is 0 Å². The lowest BCUT2D eigenvalue weighted by molar-refractivity contribution is 0.599. The lowest BCUT2D eigenvalue weighted by Crippen LogP contribution is -1.96. The molecule has 0 fully saturated rings. The first-order chi connectivity index (χ1) is 7.77. The monoisotopic (exact) mass is 214 g/mol. The zero-order valence-corrected chi connectivity index (χ0v) is 9.41. The summed E-state index contributed by atoms with van der Waals surface area (Å²) < 4.78 is 13.7. The van der Waals surface area contributed by atoms with Gasteiger partial charge in [0, 0.05) is 0 Å². The van der Waals surface area contributed by atoms with E-state index in [9.17, 15) is 4.39 Å². The predicted octanol–water partition coefficient (Wildman–Crippen LogP) is 3.92. The zero-order valence-electron chi connectivity index (χ0n) is 9.41. The van der Waals surface area contributed by atoms with Crippen molar-refractivity contribution in [3.05, 3.63) is 71.0 Å². The van der Waals surface area contributed by atoms with Crippen LogP contribution in [0, 0.1) is 12.7 Å². The van der Waals surface area contributed by atoms with Crippen molar-refractivity contribution >= 4 is 0 Å². The number of benzene rings is 2. The summed E-state index contributed by atoms with van der Waals surface area (Å²) in [6.45, 7) is 1.81. The molecule has 0 spiro atoms. The van der Waals surface area contributed by atoms with Gasteiger partial charge >= 0.3 is 0 Å². The standard InChI is InChI=1S/C15H15F/c1-12-6-5-9-14(15(12)16)11-10-13-7-3-2-4-8-13/h2-9H,10-11H2,1H3. The molecule has 0 saturated carbocycles. The zero-order chi connectivity index (χ0) is 11.4. The first-order valence-electron chi connectivity index (χ1n) is 5.55. The van der Waals surface area contributed by atoms with Crippen molar-refractivity contribution in [1.82, 2.24) is 0 Å². The second kappa shape index (κ2) is 4.93. The molecule has 0 amide bonds. The topological polar surface area (TPSA) is 0 Å². The minimum atomic E-state index is -0.0570. The Morgan fingerprint density at radius 1 is 0.875 bits per heavy atom. The highest BCUT2D eigenvalue weighted by Gasteiger charge is 2.04. The van der Waals surface area contributed by atoms with Crippen LogP contribution in [-0.4, -0.2) is 0 Å². The Hall–Kier alpha value is -1.63. The first-order valence-corrected chi connectivity index (χ1v) is 5.55. The molecule has 1 heteroatoms. The fourth-order valence-corrected chi connectivity index (χ4v) is 1.82. The van der Waals surface area contributed by atoms with Gasteiger partial charge in [-0.1, -0.05) is 48.5 Å². The van der Waals surface area contributed by atoms with E-state index in [0.29, 0.717) is 0 Å². The van der Waals surface area contributed by atoms with Gasteiger partial charge in [-0.25, -0.2) is 4.39 Å². The summed E-state index contributed by atoms with van der Waals surface area (Å²) >= 11 is 0. The lowest BCUT2D eigenvalue weighted by atomic mass is 10.0. The van der Waals surface area contributed by atoms with Crippen LogP contribution >= 0.6 is 0 Å². The summed E-state index contributed by atoms with van der Waals surface area (Å²) in [6.07, 6.45) is 1.65. The number of hydrogen-bond donors (Lipinski definition) is 0. The highest BCUT2D eigenvalue weighted by molar-refractivity contribution is 5.26. The van der Waals surface area contributed by atoms with Gasteiger partial charge in [-0.05, 0) is 36.5 Å². The van der Waals surface area contributed by atoms with E-state index in [1.165, 1.54) is 5.56 Å². The maximum Gasteiger partial charge on any atom is 0.129 e. The van der Waals surface area contributed by atoms with E-state index in [2.05, 4.69) is 12.1 Å². The number of aryl methyl sites for hydroxylation is 3. The van der Waals surface area contributed by atoms with Gasteiger partial charge in [-0.3, -0.25) is 0 Å². The predicted molar refractivity (Wildman–Crippen MR) is 65.0 cm³/mol. The number of hydrogen-bond acceptors (Lipinski definition) is 0. The van der Waals surface area contributed by atoms with E-state index in [1.807, 2.05) is 30.3 Å². The average Bonchev–Trinajstić information content (AvgIpc) is 2.32. The SMILES string of the molecule is Cc1cccc(CCc2ccccc2)c1F. The van der Waals surface area contributed by atoms with E-state index in [0.717, 1.165) is 24.0 Å². The highest BCUT2D eigenvalue weighted by atomic mass is 19.1. The van der Waals surface area contributed by atoms with E-state index in [4.69, 9.17) is 0 Å². The molecule has 82 valence electrons. The van der Waals surface area contributed by atoms with Crippen molar-refractivity contribution in [1.29, 1.82) is 0 Å². The van der Waals surface area contributed by atoms with Crippen LogP contribution in [0.25, 0.3) is 0 Å². The lowest BCUT2D eigenvalue weighted by Gasteiger charge is -2.05. The molecule has 0 N–H and O–H groups in total. The van der Waals surface area contributed by atoms with Gasteiger partial charge in [-0.2, -0.15) is 0 Å². The fraction of sp³-hybridized carbons (Fsp3) is 0.200. The quantitative estimate of drug-likeness (QED) is 0.726. The molecule has 0 heterocycles. The Kier molecular flexibility index (Phi) is 3.35. The van der Waals surface area contributed by atoms with Crippen molar-refractivity contribution in [2.75, 3.05) is 0 Å². The highest BCUT2D eigenvalue weighted by Crippen LogP contribution is 2.14. The summed E-state index contributed by atoms with van der Waals surface area (Å²) in [5.74, 6) is -0.0570. The number of rotatable bonds is 3. The maximum atomic E-state index is 13.7. The first kappa shape index (κ1) is 10.9. The van der Waals surface area contributed by atoms with Crippen molar-refractivity contribution in [3.63, 3.8) is 0 Å². The van der Waals surface area contributed by atoms with Gasteiger partial charge in [0.25, 0.3) is 0 Å². The average molecular weight is 214 g/mol. The number of halogens is 1. The minimum Gasteiger partial charge on any atom is -0.206 e. The van der Waals surface area contributed by atoms with Crippen molar-refractivity contribution in [3.8, 4) is 0 Å². The van der Waals surface area contributed by atoms with Crippen molar-refractivity contribution in [2.45, 2.75) is 19.8 Å². The van der Waals surface area contributed by atoms with Crippen LogP contribution in [0.2, 0.25) is 0 Å². The molecule has 2 aromatic rings. The van der Waals surface area contributed by atoms with E-state index in [1.54, 1.807) is 13.0 Å². The summed E-state index contributed by atoms with van der Waals surface area (Å²) in [5, 5.41) is 0. The molecule has 0 aliphatic rings. The van der Waals surface area contributed by atoms with Gasteiger partial charge < -0.3 is 0 Å². The molecule has 0 aromatic heterocycles. The molecule has 0 aliphatic heterocycles. The Balaban J connectivity index is 2.08. The fourth-order valence-electron chi connectivity index (χ4n) is 1.82. The van der Waals surface area contributed by atoms with Crippen molar-refractivity contribution < 1.29 is 4.39 Å². The summed E-state index contributed by atoms with van der Waals surface area (Å²) in [7, 11) is 0. The molecule has 0 atom stereocenters. The van der Waals surface area contributed by atoms with Gasteiger partial charge in [0.05, 0.1) is 0 Å². The molecule has 0 bridgehead atoms. The molecular formula is C15H15F. The van der Waals surface area contributed by atoms with Gasteiger partial charge in [0.1, 0.15) is 5.82 Å². The molecule has 2 aromatic carbocycles. The van der Waals surface area contributed by atoms with Crippen LogP contribution in [0.1, 0.15) is 16.7 Å². The van der Waals surface area contributed by atoms with Crippen molar-refractivity contribution in [2.24, 2.45) is 0 Å². The molecule has 0 aliphatic carbocycles. The molecule has 0 nitrogen and oxygen atoms in total. The third-order valence-electron chi connectivity index (χ3n) is 2.80. The Bertz CT molecular complexity index is 460. The smallest absolute Gasteiger partial charge is 0.129 e. The minimum absolute atomic E-state index is 0.0570. The van der Waals surface area contributed by atoms with Crippen LogP contribution < -0.4 is 0 Å². The van der Waals surface area contributed by atoms with Crippen LogP contribution in [0.15, 0.2) is 48.5 Å². The van der Waals surface area contributed by atoms with E-state index in [-0.39, 0.29) is 5.82 Å². The molecule has 2 rings (SSSR count). The van der Waals surface area contributed by atoms with E-state index < -0.39 is 0 Å². The van der Waals surface area contributed by atoms with Crippen LogP contribution in [0.3, 0.4) is 0 Å². The Morgan fingerprint density at radius 3 is 2.38 bits per heavy atom. The third kappa shape index (κ3) is 2.48. The van der Waals surface area contributed by atoms with Gasteiger partial charge in [-0.15, -0.1) is 0 Å². The molecule has 0 saturated heterocycles. The molecular weight excluding hydrogens is 199 g/mol. The third-order valence-corrected chi connectivity index (χ3v) is 2.80. The Labute approximate surface area is 95.7 Å². The largest absolute Gasteiger partial charge is 0.206 e. The van der Waals surface area contributed by atoms with Crippen LogP contribution in [0.5, 0.6) is 0 Å². The van der Waals surface area contributed by atoms with Gasteiger partial charge in [0.2, 0.25) is 0 Å². The van der Waals surface area contributed by atoms with Crippen LogP contribution in [-0.2, 0) is 12.8 Å². The van der Waals surface area contributed by atoms with Crippen LogP contribution in [0.4, 0.5) is 4.39 Å². The normalized spacial score (nSPS) is 10.4. The summed E-state index contributed by atoms with van der Waals surface area (Å²) in [4.78, 5) is 0. The second-order valence-corrected chi connectivity index (χ2v) is 4.03. The maximum absolute atomic E-state index is 13.7. The Morgan fingerprint density at radius 2 is 1.62 bits per heavy atom. The summed E-state index contributed by atoms with van der Waals surface area (Å²) in [6, 6.07) is 15.8. The summed E-state index contributed by atoms with van der Waals surface area (Å²) in [5.41, 5.74) is 2.79. The second-order valence-electron chi connectivity index (χ2n) is 4.03. The molecule has 16 heavy (non-hydrogen) atoms. The molecule has 0 radical (unpaired) electrons. The molecule has 0 unspecified atom stereocenters.